The number of ether oxygens (including phenoxy) is 2. The van der Waals surface area contributed by atoms with Crippen molar-refractivity contribution in [3.8, 4) is 6.07 Å². The zero-order valence-electron chi connectivity index (χ0n) is 13.5. The number of nitriles is 1. The first-order valence-corrected chi connectivity index (χ1v) is 8.87. The topological polar surface area (TPSA) is 58.4 Å². The smallest absolute Gasteiger partial charge is 0.122 e. The van der Waals surface area contributed by atoms with E-state index in [4.69, 9.17) is 19.7 Å². The Morgan fingerprint density at radius 1 is 1.55 bits per heavy atom. The van der Waals surface area contributed by atoms with Crippen LogP contribution < -0.4 is 0 Å². The largest absolute Gasteiger partial charge is 0.381 e. The van der Waals surface area contributed by atoms with Crippen LogP contribution >= 0.6 is 11.3 Å². The van der Waals surface area contributed by atoms with Crippen molar-refractivity contribution in [1.82, 2.24) is 9.88 Å². The minimum absolute atomic E-state index is 0.0550. The fourth-order valence-electron chi connectivity index (χ4n) is 2.75. The van der Waals surface area contributed by atoms with E-state index in [9.17, 15) is 0 Å². The minimum atomic E-state index is 0.0550. The Morgan fingerprint density at radius 2 is 2.32 bits per heavy atom. The van der Waals surface area contributed by atoms with E-state index in [0.29, 0.717) is 19.1 Å². The highest BCUT2D eigenvalue weighted by Crippen LogP contribution is 2.23. The van der Waals surface area contributed by atoms with Crippen molar-refractivity contribution in [3.05, 3.63) is 16.1 Å². The molecular weight excluding hydrogens is 298 g/mol. The summed E-state index contributed by atoms with van der Waals surface area (Å²) in [7, 11) is 0. The number of aromatic nitrogens is 1. The third-order valence-electron chi connectivity index (χ3n) is 3.92. The highest BCUT2D eigenvalue weighted by molar-refractivity contribution is 7.09. The molecule has 1 aliphatic heterocycles. The number of rotatable bonds is 8. The summed E-state index contributed by atoms with van der Waals surface area (Å²) in [5.41, 5.74) is 1.08. The second kappa shape index (κ2) is 9.21. The first-order valence-electron chi connectivity index (χ1n) is 7.99. The lowest BCUT2D eigenvalue weighted by atomic mass is 10.1. The van der Waals surface area contributed by atoms with Gasteiger partial charge in [-0.3, -0.25) is 4.90 Å². The summed E-state index contributed by atoms with van der Waals surface area (Å²) in [4.78, 5) is 7.09. The van der Waals surface area contributed by atoms with Crippen LogP contribution in [0.1, 0.15) is 49.9 Å². The Balaban J connectivity index is 1.98. The Morgan fingerprint density at radius 3 is 3.00 bits per heavy atom. The molecule has 1 aromatic heterocycles. The normalized spacial score (nSPS) is 17.5. The third kappa shape index (κ3) is 5.03. The molecule has 0 N–H and O–H groups in total. The van der Waals surface area contributed by atoms with Crippen LogP contribution in [-0.4, -0.2) is 42.3 Å². The van der Waals surface area contributed by atoms with Gasteiger partial charge in [-0.2, -0.15) is 5.26 Å². The zero-order valence-corrected chi connectivity index (χ0v) is 14.3. The number of nitrogens with zero attached hydrogens (tertiary/aromatic N) is 3. The Bertz CT molecular complexity index is 480. The fraction of sp³-hybridized carbons (Fsp3) is 0.750. The van der Waals surface area contributed by atoms with Gasteiger partial charge in [-0.15, -0.1) is 11.3 Å². The second-order valence-electron chi connectivity index (χ2n) is 5.50. The lowest BCUT2D eigenvalue weighted by molar-refractivity contribution is 0.0312. The van der Waals surface area contributed by atoms with E-state index in [1.165, 1.54) is 0 Å². The first-order chi connectivity index (χ1) is 10.7. The van der Waals surface area contributed by atoms with Crippen LogP contribution in [0.25, 0.3) is 0 Å². The molecule has 2 heterocycles. The molecule has 1 unspecified atom stereocenters. The highest BCUT2D eigenvalue weighted by Gasteiger charge is 2.22. The zero-order chi connectivity index (χ0) is 15.8. The molecule has 0 radical (unpaired) electrons. The maximum Gasteiger partial charge on any atom is 0.122 e. The third-order valence-corrected chi connectivity index (χ3v) is 4.97. The van der Waals surface area contributed by atoms with Crippen molar-refractivity contribution in [2.75, 3.05) is 26.4 Å². The number of hydrogen-bond donors (Lipinski definition) is 0. The molecule has 1 aromatic rings. The maximum absolute atomic E-state index is 8.88. The van der Waals surface area contributed by atoms with Crippen LogP contribution in [0.3, 0.4) is 0 Å². The van der Waals surface area contributed by atoms with E-state index in [1.807, 2.05) is 13.8 Å². The van der Waals surface area contributed by atoms with E-state index in [-0.39, 0.29) is 6.10 Å². The predicted octanol–water partition coefficient (Wildman–Crippen LogP) is 3.14. The summed E-state index contributed by atoms with van der Waals surface area (Å²) < 4.78 is 11.0. The molecule has 0 spiro atoms. The van der Waals surface area contributed by atoms with Crippen LogP contribution in [0.15, 0.2) is 5.38 Å². The molecular formula is C16H25N3O2S. The van der Waals surface area contributed by atoms with Crippen LogP contribution in [-0.2, 0) is 16.0 Å². The van der Waals surface area contributed by atoms with E-state index in [0.717, 1.165) is 49.8 Å². The fourth-order valence-corrected chi connectivity index (χ4v) is 3.56. The molecule has 0 aromatic carbocycles. The quantitative estimate of drug-likeness (QED) is 0.735. The van der Waals surface area contributed by atoms with Crippen molar-refractivity contribution in [2.24, 2.45) is 0 Å². The summed E-state index contributed by atoms with van der Waals surface area (Å²) in [5, 5.41) is 12.0. The summed E-state index contributed by atoms with van der Waals surface area (Å²) in [6.07, 6.45) is 2.69. The molecule has 1 aliphatic rings. The van der Waals surface area contributed by atoms with E-state index < -0.39 is 0 Å². The van der Waals surface area contributed by atoms with Gasteiger partial charge in [-0.05, 0) is 26.7 Å². The molecule has 1 saturated heterocycles. The van der Waals surface area contributed by atoms with Gasteiger partial charge in [0.05, 0.1) is 11.8 Å². The summed E-state index contributed by atoms with van der Waals surface area (Å²) in [6, 6.07) is 2.75. The van der Waals surface area contributed by atoms with Crippen LogP contribution in [0.5, 0.6) is 0 Å². The number of thiazole rings is 1. The van der Waals surface area contributed by atoms with Gasteiger partial charge in [0.2, 0.25) is 0 Å². The van der Waals surface area contributed by atoms with Crippen LogP contribution in [0.4, 0.5) is 0 Å². The average molecular weight is 323 g/mol. The summed E-state index contributed by atoms with van der Waals surface area (Å²) in [5.74, 6) is 0. The first kappa shape index (κ1) is 17.4. The van der Waals surface area contributed by atoms with Crippen molar-refractivity contribution < 1.29 is 9.47 Å². The van der Waals surface area contributed by atoms with Crippen molar-refractivity contribution in [2.45, 2.75) is 51.8 Å². The molecule has 6 heteroatoms. The SMILES string of the molecule is CCOC(C)c1nc(CN(CCC#N)C2CCOCC2)cs1. The van der Waals surface area contributed by atoms with Gasteiger partial charge in [0.15, 0.2) is 0 Å². The Hall–Kier alpha value is -1.00. The van der Waals surface area contributed by atoms with Gasteiger partial charge in [0, 0.05) is 50.8 Å². The monoisotopic (exact) mass is 323 g/mol. The molecule has 122 valence electrons. The predicted molar refractivity (Wildman–Crippen MR) is 86.6 cm³/mol. The maximum atomic E-state index is 8.88. The number of hydrogen-bond acceptors (Lipinski definition) is 6. The summed E-state index contributed by atoms with van der Waals surface area (Å²) in [6.45, 7) is 7.98. The molecule has 0 aliphatic carbocycles. The summed E-state index contributed by atoms with van der Waals surface area (Å²) >= 11 is 1.66. The van der Waals surface area contributed by atoms with Crippen LogP contribution in [0.2, 0.25) is 0 Å². The average Bonchev–Trinajstić information content (AvgIpc) is 3.01. The molecule has 0 saturated carbocycles. The van der Waals surface area contributed by atoms with Gasteiger partial charge >= 0.3 is 0 Å². The molecule has 0 bridgehead atoms. The molecule has 22 heavy (non-hydrogen) atoms. The van der Waals surface area contributed by atoms with Crippen molar-refractivity contribution in [3.63, 3.8) is 0 Å². The van der Waals surface area contributed by atoms with Crippen molar-refractivity contribution >= 4 is 11.3 Å². The Kier molecular flexibility index (Phi) is 7.26. The van der Waals surface area contributed by atoms with Crippen molar-refractivity contribution in [1.29, 1.82) is 5.26 Å². The molecule has 1 fully saturated rings. The van der Waals surface area contributed by atoms with Gasteiger partial charge in [-0.1, -0.05) is 0 Å². The highest BCUT2D eigenvalue weighted by atomic mass is 32.1. The van der Waals surface area contributed by atoms with Gasteiger partial charge in [0.1, 0.15) is 11.1 Å². The molecule has 2 rings (SSSR count). The van der Waals surface area contributed by atoms with Gasteiger partial charge in [0.25, 0.3) is 0 Å². The van der Waals surface area contributed by atoms with E-state index in [2.05, 4.69) is 16.3 Å². The van der Waals surface area contributed by atoms with Gasteiger partial charge < -0.3 is 9.47 Å². The van der Waals surface area contributed by atoms with E-state index in [1.54, 1.807) is 11.3 Å². The van der Waals surface area contributed by atoms with Crippen LogP contribution in [0, 0.1) is 11.3 Å². The molecule has 1 atom stereocenters. The minimum Gasteiger partial charge on any atom is -0.381 e. The second-order valence-corrected chi connectivity index (χ2v) is 6.39. The molecule has 0 amide bonds. The van der Waals surface area contributed by atoms with E-state index >= 15 is 0 Å². The molecule has 5 nitrogen and oxygen atoms in total. The van der Waals surface area contributed by atoms with Gasteiger partial charge in [-0.25, -0.2) is 4.98 Å². The Labute approximate surface area is 136 Å². The lowest BCUT2D eigenvalue weighted by Crippen LogP contribution is -2.39. The lowest BCUT2D eigenvalue weighted by Gasteiger charge is -2.33. The standard InChI is InChI=1S/C16H25N3O2S/c1-3-21-13(2)16-18-14(12-22-16)11-19(8-4-7-17)15-5-9-20-10-6-15/h12-13,15H,3-6,8-11H2,1-2H3.